The lowest BCUT2D eigenvalue weighted by Gasteiger charge is -2.29. The molecule has 0 fully saturated rings. The van der Waals surface area contributed by atoms with Crippen LogP contribution in [0.2, 0.25) is 0 Å². The molecule has 1 aliphatic rings. The van der Waals surface area contributed by atoms with E-state index in [2.05, 4.69) is 0 Å². The minimum absolute atomic E-state index is 0.0795. The number of hydrogen-bond donors (Lipinski definition) is 0. The van der Waals surface area contributed by atoms with Gasteiger partial charge >= 0.3 is 6.18 Å². The highest BCUT2D eigenvalue weighted by Gasteiger charge is 2.59. The van der Waals surface area contributed by atoms with Crippen molar-refractivity contribution in [2.75, 3.05) is 4.31 Å². The molecule has 0 amide bonds. The van der Waals surface area contributed by atoms with Gasteiger partial charge in [0.25, 0.3) is 10.0 Å². The zero-order chi connectivity index (χ0) is 23.3. The molecule has 0 aliphatic carbocycles. The Labute approximate surface area is 182 Å². The number of alkyl halides is 3. The Balaban J connectivity index is 1.98. The smallest absolute Gasteiger partial charge is 0.292 e. The lowest BCUT2D eigenvalue weighted by Crippen LogP contribution is -2.47. The van der Waals surface area contributed by atoms with Gasteiger partial charge in [0.1, 0.15) is 17.8 Å². The van der Waals surface area contributed by atoms with Gasteiger partial charge in [-0.15, -0.1) is 0 Å². The maximum Gasteiger partial charge on any atom is 0.398 e. The summed E-state index contributed by atoms with van der Waals surface area (Å²) in [6.45, 7) is 1.72. The monoisotopic (exact) mass is 463 g/mol. The second-order valence-corrected chi connectivity index (χ2v) is 9.33. The number of carbonyl (C=O) groups excluding carboxylic acids is 1. The van der Waals surface area contributed by atoms with Crippen molar-refractivity contribution in [1.82, 2.24) is 0 Å². The standard InChI is InChI=1S/C23H17F4NO3S/c1-14-7-10-17(11-8-14)32(30,31)28-19-13-16(24)9-12-18(19)20(23(25,26)27)21(28)22(29)15-5-3-2-4-6-15/h2-13,20-21H,1H3/t20-,21-/m1/s1. The van der Waals surface area contributed by atoms with E-state index in [4.69, 9.17) is 0 Å². The normalized spacial score (nSPS) is 18.5. The number of halogens is 4. The lowest BCUT2D eigenvalue weighted by molar-refractivity contribution is -0.150. The molecular weight excluding hydrogens is 446 g/mol. The Kier molecular flexibility index (Phi) is 5.32. The molecule has 0 saturated heterocycles. The maximum atomic E-state index is 14.2. The second-order valence-electron chi connectivity index (χ2n) is 7.51. The summed E-state index contributed by atoms with van der Waals surface area (Å²) in [4.78, 5) is 13.0. The van der Waals surface area contributed by atoms with Gasteiger partial charge in [0.15, 0.2) is 5.78 Å². The molecule has 0 spiro atoms. The molecule has 3 aromatic rings. The largest absolute Gasteiger partial charge is 0.398 e. The van der Waals surface area contributed by atoms with Crippen molar-refractivity contribution in [3.05, 3.63) is 95.3 Å². The van der Waals surface area contributed by atoms with Gasteiger partial charge in [-0.3, -0.25) is 9.10 Å². The molecule has 1 heterocycles. The summed E-state index contributed by atoms with van der Waals surface area (Å²) in [5, 5.41) is 0. The van der Waals surface area contributed by atoms with Crippen molar-refractivity contribution < 1.29 is 30.8 Å². The maximum absolute atomic E-state index is 14.2. The quantitative estimate of drug-likeness (QED) is 0.393. The minimum atomic E-state index is -4.96. The highest BCUT2D eigenvalue weighted by Crippen LogP contribution is 2.52. The first-order valence-corrected chi connectivity index (χ1v) is 11.0. The van der Waals surface area contributed by atoms with Gasteiger partial charge < -0.3 is 0 Å². The second kappa shape index (κ2) is 7.74. The van der Waals surface area contributed by atoms with E-state index in [-0.39, 0.29) is 10.5 Å². The third-order valence-corrected chi connectivity index (χ3v) is 7.20. The van der Waals surface area contributed by atoms with Gasteiger partial charge in [0.05, 0.1) is 10.6 Å². The van der Waals surface area contributed by atoms with E-state index in [0.29, 0.717) is 4.31 Å². The van der Waals surface area contributed by atoms with E-state index in [1.807, 2.05) is 0 Å². The zero-order valence-electron chi connectivity index (χ0n) is 16.7. The van der Waals surface area contributed by atoms with Crippen molar-refractivity contribution >= 4 is 21.5 Å². The third kappa shape index (κ3) is 3.66. The predicted molar refractivity (Wildman–Crippen MR) is 111 cm³/mol. The fourth-order valence-electron chi connectivity index (χ4n) is 3.92. The summed E-state index contributed by atoms with van der Waals surface area (Å²) in [6.07, 6.45) is -4.96. The average molecular weight is 463 g/mol. The van der Waals surface area contributed by atoms with E-state index in [1.54, 1.807) is 13.0 Å². The summed E-state index contributed by atoms with van der Waals surface area (Å²) in [7, 11) is -4.64. The van der Waals surface area contributed by atoms with E-state index in [1.165, 1.54) is 48.5 Å². The van der Waals surface area contributed by atoms with Crippen molar-refractivity contribution in [2.24, 2.45) is 0 Å². The Morgan fingerprint density at radius 2 is 1.56 bits per heavy atom. The van der Waals surface area contributed by atoms with Crippen LogP contribution >= 0.6 is 0 Å². The van der Waals surface area contributed by atoms with Gasteiger partial charge in [-0.1, -0.05) is 54.1 Å². The molecule has 166 valence electrons. The number of carbonyl (C=O) groups is 1. The fourth-order valence-corrected chi connectivity index (χ4v) is 5.56. The number of ketones is 1. The molecule has 0 aromatic heterocycles. The third-order valence-electron chi connectivity index (χ3n) is 5.39. The first kappa shape index (κ1) is 22.0. The SMILES string of the molecule is Cc1ccc(S(=O)(=O)N2c3cc(F)ccc3[C@@H](C(F)(F)F)[C@@H]2C(=O)c2ccccc2)cc1. The van der Waals surface area contributed by atoms with E-state index in [9.17, 15) is 30.8 Å². The molecule has 2 atom stereocenters. The first-order chi connectivity index (χ1) is 15.0. The highest BCUT2D eigenvalue weighted by atomic mass is 32.2. The highest BCUT2D eigenvalue weighted by molar-refractivity contribution is 7.93. The topological polar surface area (TPSA) is 54.5 Å². The van der Waals surface area contributed by atoms with Gasteiger partial charge in [-0.25, -0.2) is 12.8 Å². The molecule has 4 nitrogen and oxygen atoms in total. The van der Waals surface area contributed by atoms with Gasteiger partial charge in [0.2, 0.25) is 0 Å². The van der Waals surface area contributed by atoms with Crippen LogP contribution in [0, 0.1) is 12.7 Å². The molecule has 0 N–H and O–H groups in total. The summed E-state index contributed by atoms with van der Waals surface area (Å²) >= 11 is 0. The number of benzene rings is 3. The number of Topliss-reactive ketones (excluding diaryl/α,β-unsaturated/α-hetero) is 1. The molecular formula is C23H17F4NO3S. The number of rotatable bonds is 4. The zero-order valence-corrected chi connectivity index (χ0v) is 17.5. The van der Waals surface area contributed by atoms with Crippen LogP contribution in [0.3, 0.4) is 0 Å². The Bertz CT molecular complexity index is 1270. The summed E-state index contributed by atoms with van der Waals surface area (Å²) in [5.41, 5.74) is -0.308. The molecule has 9 heteroatoms. The van der Waals surface area contributed by atoms with Crippen molar-refractivity contribution in [1.29, 1.82) is 0 Å². The van der Waals surface area contributed by atoms with Gasteiger partial charge in [-0.05, 0) is 36.8 Å². The number of anilines is 1. The van der Waals surface area contributed by atoms with Crippen LogP contribution in [-0.2, 0) is 10.0 Å². The van der Waals surface area contributed by atoms with Crippen molar-refractivity contribution in [2.45, 2.75) is 30.0 Å². The van der Waals surface area contributed by atoms with Crippen LogP contribution in [0.5, 0.6) is 0 Å². The average Bonchev–Trinajstić information content (AvgIpc) is 3.09. The molecule has 0 bridgehead atoms. The molecule has 4 rings (SSSR count). The van der Waals surface area contributed by atoms with E-state index < -0.39 is 51.0 Å². The number of hydrogen-bond acceptors (Lipinski definition) is 3. The number of aryl methyl sites for hydroxylation is 1. The molecule has 0 unspecified atom stereocenters. The summed E-state index contributed by atoms with van der Waals surface area (Å²) in [6, 6.07) is 12.9. The van der Waals surface area contributed by atoms with Crippen LogP contribution in [0.1, 0.15) is 27.4 Å². The van der Waals surface area contributed by atoms with Crippen LogP contribution in [0.25, 0.3) is 0 Å². The number of fused-ring (bicyclic) bond motifs is 1. The van der Waals surface area contributed by atoms with E-state index in [0.717, 1.165) is 23.8 Å². The Hall–Kier alpha value is -3.20. The molecule has 0 saturated carbocycles. The molecule has 3 aromatic carbocycles. The Morgan fingerprint density at radius 1 is 0.938 bits per heavy atom. The molecule has 1 aliphatic heterocycles. The van der Waals surface area contributed by atoms with Crippen LogP contribution in [0.15, 0.2) is 77.7 Å². The van der Waals surface area contributed by atoms with Crippen LogP contribution in [0.4, 0.5) is 23.2 Å². The van der Waals surface area contributed by atoms with Crippen molar-refractivity contribution in [3.8, 4) is 0 Å². The molecule has 32 heavy (non-hydrogen) atoms. The van der Waals surface area contributed by atoms with Crippen molar-refractivity contribution in [3.63, 3.8) is 0 Å². The van der Waals surface area contributed by atoms with Gasteiger partial charge in [0, 0.05) is 5.56 Å². The van der Waals surface area contributed by atoms with Crippen LogP contribution in [-0.4, -0.2) is 26.4 Å². The number of sulfonamides is 1. The summed E-state index contributed by atoms with van der Waals surface area (Å²) < 4.78 is 84.2. The number of nitrogens with zero attached hydrogens (tertiary/aromatic N) is 1. The van der Waals surface area contributed by atoms with Gasteiger partial charge in [-0.2, -0.15) is 13.2 Å². The minimum Gasteiger partial charge on any atom is -0.292 e. The fraction of sp³-hybridized carbons (Fsp3) is 0.174. The summed E-state index contributed by atoms with van der Waals surface area (Å²) in [5.74, 6) is -4.40. The molecule has 0 radical (unpaired) electrons. The Morgan fingerprint density at radius 3 is 2.16 bits per heavy atom. The predicted octanol–water partition coefficient (Wildman–Crippen LogP) is 5.24. The first-order valence-electron chi connectivity index (χ1n) is 9.58. The van der Waals surface area contributed by atoms with Crippen LogP contribution < -0.4 is 4.31 Å². The lowest BCUT2D eigenvalue weighted by atomic mass is 9.89. The van der Waals surface area contributed by atoms with E-state index >= 15 is 0 Å².